The fourth-order valence-electron chi connectivity index (χ4n) is 3.04. The number of aliphatic hydroxyl groups excluding tert-OH is 1. The number of hydrogen-bond donors (Lipinski definition) is 2. The Morgan fingerprint density at radius 1 is 0.933 bits per heavy atom. The number of hydrogen-bond acceptors (Lipinski definition) is 7. The lowest BCUT2D eigenvalue weighted by Crippen LogP contribution is -2.52. The molecule has 0 saturated carbocycles. The van der Waals surface area contributed by atoms with Gasteiger partial charge < -0.3 is 29.5 Å². The maximum atomic E-state index is 11.8. The fourth-order valence-corrected chi connectivity index (χ4v) is 3.82. The number of ether oxygens (including phenoxy) is 1. The molecule has 9 heteroatoms. The van der Waals surface area contributed by atoms with E-state index in [2.05, 4.69) is 21.7 Å². The molecule has 0 fully saturated rings. The molecule has 0 bridgehead atoms. The van der Waals surface area contributed by atoms with Gasteiger partial charge in [0.05, 0.1) is 19.8 Å². The molecule has 8 nitrogen and oxygen atoms in total. The zero-order valence-electron chi connectivity index (χ0n) is 18.9. The summed E-state index contributed by atoms with van der Waals surface area (Å²) >= 11 is 0. The number of unbranched alkanes of at least 4 members (excludes halogenated alkanes) is 12. The molecule has 0 aliphatic carbocycles. The van der Waals surface area contributed by atoms with Gasteiger partial charge in [0, 0.05) is 6.42 Å². The van der Waals surface area contributed by atoms with Crippen LogP contribution < -0.4 is 10.6 Å². The molecule has 0 spiro atoms. The maximum Gasteiger partial charge on any atom is 0.306 e. The lowest BCUT2D eigenvalue weighted by Gasteiger charge is -2.24. The summed E-state index contributed by atoms with van der Waals surface area (Å²) < 4.78 is 25.6. The average Bonchev–Trinajstić information content (AvgIpc) is 2.73. The first-order valence-corrected chi connectivity index (χ1v) is 13.1. The summed E-state index contributed by atoms with van der Waals surface area (Å²) in [6.45, 7) is 1.47. The predicted molar refractivity (Wildman–Crippen MR) is 115 cm³/mol. The van der Waals surface area contributed by atoms with Crippen molar-refractivity contribution < 1.29 is 38.9 Å². The summed E-state index contributed by atoms with van der Waals surface area (Å²) in [6, 6.07) is 0. The molecule has 0 amide bonds. The van der Waals surface area contributed by atoms with E-state index in [1.807, 2.05) is 0 Å². The van der Waals surface area contributed by atoms with Gasteiger partial charge in [0.2, 0.25) is 0 Å². The third-order valence-electron chi connectivity index (χ3n) is 4.80. The Morgan fingerprint density at radius 3 is 1.90 bits per heavy atom. The number of phosphoric ester groups is 1. The second-order valence-electron chi connectivity index (χ2n) is 7.72. The van der Waals surface area contributed by atoms with E-state index in [0.717, 1.165) is 19.3 Å². The third kappa shape index (κ3) is 19.5. The zero-order chi connectivity index (χ0) is 22.5. The number of carbonyl (C=O) groups is 1. The van der Waals surface area contributed by atoms with E-state index in [-0.39, 0.29) is 19.6 Å². The molecular weight excluding hydrogens is 409 g/mol. The summed E-state index contributed by atoms with van der Waals surface area (Å²) in [7, 11) is -4.46. The van der Waals surface area contributed by atoms with Gasteiger partial charge in [-0.05, 0) is 6.42 Å². The molecule has 0 heterocycles. The summed E-state index contributed by atoms with van der Waals surface area (Å²) in [4.78, 5) is 23.3. The molecule has 2 atom stereocenters. The van der Waals surface area contributed by atoms with Gasteiger partial charge in [0.25, 0.3) is 7.82 Å². The van der Waals surface area contributed by atoms with Crippen LogP contribution in [0.15, 0.2) is 0 Å². The standard InChI is InChI=1S/C21H44NO7P/c1-2-3-4-5-6-7-8-9-10-11-12-13-14-15-21(24)29-20(18-23)19-28-30(25,26)27-17-16-22/h20,23H,2-19,22H2,1H3,(H,25,26)/t20-/m0/s1. The second-order valence-corrected chi connectivity index (χ2v) is 9.13. The highest BCUT2D eigenvalue weighted by Gasteiger charge is 2.18. The number of phosphoric acid groups is 1. The van der Waals surface area contributed by atoms with Gasteiger partial charge in [-0.3, -0.25) is 9.36 Å². The van der Waals surface area contributed by atoms with E-state index >= 15 is 0 Å². The summed E-state index contributed by atoms with van der Waals surface area (Å²) in [5.41, 5.74) is 3.46. The number of carbonyl (C=O) groups excluding carboxylic acids is 1. The van der Waals surface area contributed by atoms with Crippen LogP contribution in [0.4, 0.5) is 0 Å². The van der Waals surface area contributed by atoms with Crippen molar-refractivity contribution >= 4 is 13.8 Å². The number of aliphatic hydroxyl groups is 1. The predicted octanol–water partition coefficient (Wildman–Crippen LogP) is 3.12. The van der Waals surface area contributed by atoms with Crippen LogP contribution in [-0.4, -0.2) is 43.5 Å². The zero-order valence-corrected chi connectivity index (χ0v) is 19.8. The molecule has 0 aromatic carbocycles. The van der Waals surface area contributed by atoms with Crippen molar-refractivity contribution in [3.05, 3.63) is 0 Å². The lowest BCUT2D eigenvalue weighted by molar-refractivity contribution is -0.373. The average molecular weight is 454 g/mol. The van der Waals surface area contributed by atoms with Crippen molar-refractivity contribution in [1.82, 2.24) is 0 Å². The highest BCUT2D eigenvalue weighted by molar-refractivity contribution is 7.45. The minimum Gasteiger partial charge on any atom is -0.756 e. The van der Waals surface area contributed by atoms with Crippen LogP contribution >= 0.6 is 7.82 Å². The van der Waals surface area contributed by atoms with Crippen LogP contribution in [0.25, 0.3) is 0 Å². The molecule has 1 unspecified atom stereocenters. The Hall–Kier alpha value is -0.500. The molecule has 0 aliphatic rings. The monoisotopic (exact) mass is 453 g/mol. The lowest BCUT2D eigenvalue weighted by atomic mass is 10.0. The smallest absolute Gasteiger partial charge is 0.306 e. The molecule has 0 saturated heterocycles. The SMILES string of the molecule is CCCCCCCCCCCCCCCC(=O)O[C@@H](CO)COP(=O)([O-])OCC[NH3+]. The molecule has 0 rings (SSSR count). The first kappa shape index (κ1) is 29.5. The van der Waals surface area contributed by atoms with Crippen LogP contribution in [0, 0.1) is 0 Å². The van der Waals surface area contributed by atoms with Gasteiger partial charge in [-0.15, -0.1) is 0 Å². The van der Waals surface area contributed by atoms with Gasteiger partial charge in [-0.25, -0.2) is 0 Å². The quantitative estimate of drug-likeness (QED) is 0.146. The Kier molecular flexibility index (Phi) is 20.1. The van der Waals surface area contributed by atoms with E-state index in [9.17, 15) is 19.4 Å². The molecule has 0 aliphatic heterocycles. The Balaban J connectivity index is 3.61. The van der Waals surface area contributed by atoms with Gasteiger partial charge in [-0.1, -0.05) is 84.0 Å². The number of quaternary nitrogens is 1. The van der Waals surface area contributed by atoms with Gasteiger partial charge in [0.15, 0.2) is 0 Å². The Morgan fingerprint density at radius 2 is 1.43 bits per heavy atom. The highest BCUT2D eigenvalue weighted by atomic mass is 31.2. The van der Waals surface area contributed by atoms with E-state index in [4.69, 9.17) is 4.74 Å². The van der Waals surface area contributed by atoms with Crippen molar-refractivity contribution in [2.45, 2.75) is 103 Å². The van der Waals surface area contributed by atoms with Gasteiger partial charge in [-0.2, -0.15) is 0 Å². The summed E-state index contributed by atoms with van der Waals surface area (Å²) in [5, 5.41) is 9.23. The topological polar surface area (TPSA) is 133 Å². The van der Waals surface area contributed by atoms with Crippen LogP contribution in [-0.2, 0) is 23.1 Å². The van der Waals surface area contributed by atoms with Crippen molar-refractivity contribution in [2.75, 3.05) is 26.4 Å². The maximum absolute atomic E-state index is 11.8. The van der Waals surface area contributed by atoms with Gasteiger partial charge >= 0.3 is 5.97 Å². The van der Waals surface area contributed by atoms with Crippen LogP contribution in [0.1, 0.15) is 96.8 Å². The fraction of sp³-hybridized carbons (Fsp3) is 0.952. The third-order valence-corrected chi connectivity index (χ3v) is 5.76. The minimum atomic E-state index is -4.46. The van der Waals surface area contributed by atoms with Crippen LogP contribution in [0.2, 0.25) is 0 Å². The minimum absolute atomic E-state index is 0.0800. The van der Waals surface area contributed by atoms with E-state index < -0.39 is 33.1 Å². The first-order valence-electron chi connectivity index (χ1n) is 11.6. The first-order chi connectivity index (χ1) is 14.4. The van der Waals surface area contributed by atoms with Crippen molar-refractivity contribution in [2.24, 2.45) is 0 Å². The number of rotatable bonds is 22. The molecule has 0 aromatic rings. The van der Waals surface area contributed by atoms with E-state index in [0.29, 0.717) is 0 Å². The second kappa shape index (κ2) is 20.4. The molecule has 180 valence electrons. The van der Waals surface area contributed by atoms with E-state index in [1.54, 1.807) is 0 Å². The van der Waals surface area contributed by atoms with Crippen molar-refractivity contribution in [3.63, 3.8) is 0 Å². The number of esters is 1. The largest absolute Gasteiger partial charge is 0.756 e. The molecular formula is C21H44NO7P. The molecule has 0 radical (unpaired) electrons. The Bertz CT molecular complexity index is 451. The van der Waals surface area contributed by atoms with Crippen molar-refractivity contribution in [3.8, 4) is 0 Å². The van der Waals surface area contributed by atoms with Crippen LogP contribution in [0.3, 0.4) is 0 Å². The van der Waals surface area contributed by atoms with Gasteiger partial charge in [0.1, 0.15) is 12.7 Å². The molecule has 0 aromatic heterocycles. The Labute approximate surface area is 182 Å². The molecule has 4 N–H and O–H groups in total. The van der Waals surface area contributed by atoms with Crippen molar-refractivity contribution in [1.29, 1.82) is 0 Å². The van der Waals surface area contributed by atoms with Crippen LogP contribution in [0.5, 0.6) is 0 Å². The normalized spacial score (nSPS) is 14.4. The van der Waals surface area contributed by atoms with E-state index in [1.165, 1.54) is 64.2 Å². The molecule has 30 heavy (non-hydrogen) atoms. The highest BCUT2D eigenvalue weighted by Crippen LogP contribution is 2.37. The summed E-state index contributed by atoms with van der Waals surface area (Å²) in [6.07, 6.45) is 15.1. The summed E-state index contributed by atoms with van der Waals surface area (Å²) in [5.74, 6) is -0.458.